The molecule has 0 unspecified atom stereocenters. The first-order valence-corrected chi connectivity index (χ1v) is 7.02. The van der Waals surface area contributed by atoms with Gasteiger partial charge in [-0.05, 0) is 54.0 Å². The normalized spacial score (nSPS) is 17.2. The Morgan fingerprint density at radius 1 is 1.39 bits per heavy atom. The first-order valence-electron chi connectivity index (χ1n) is 6.23. The predicted octanol–water partition coefficient (Wildman–Crippen LogP) is 2.57. The van der Waals surface area contributed by atoms with Crippen molar-refractivity contribution in [2.24, 2.45) is 0 Å². The zero-order chi connectivity index (χ0) is 12.5. The molecule has 0 aromatic carbocycles. The van der Waals surface area contributed by atoms with E-state index < -0.39 is 0 Å². The Balaban J connectivity index is 2.15. The Labute approximate surface area is 114 Å². The van der Waals surface area contributed by atoms with Gasteiger partial charge in [0.1, 0.15) is 10.4 Å². The number of methoxy groups -OCH3 is 1. The van der Waals surface area contributed by atoms with E-state index in [1.54, 1.807) is 7.11 Å². The molecule has 5 heteroatoms. The van der Waals surface area contributed by atoms with Gasteiger partial charge in [-0.3, -0.25) is 4.40 Å². The van der Waals surface area contributed by atoms with E-state index in [-0.39, 0.29) is 0 Å². The van der Waals surface area contributed by atoms with Gasteiger partial charge in [0.15, 0.2) is 5.88 Å². The number of hydrogen-bond acceptors (Lipinski definition) is 3. The maximum atomic E-state index is 5.46. The summed E-state index contributed by atoms with van der Waals surface area (Å²) in [5.74, 6) is 2.46. The van der Waals surface area contributed by atoms with Gasteiger partial charge in [0.2, 0.25) is 0 Å². The third-order valence-corrected chi connectivity index (χ3v) is 4.10. The fourth-order valence-electron chi connectivity index (χ4n) is 2.61. The smallest absolute Gasteiger partial charge is 0.199 e. The maximum Gasteiger partial charge on any atom is 0.199 e. The summed E-state index contributed by atoms with van der Waals surface area (Å²) in [6, 6.07) is 6.03. The molecule has 2 aromatic heterocycles. The largest absolute Gasteiger partial charge is 0.482 e. The Kier molecular flexibility index (Phi) is 3.26. The van der Waals surface area contributed by atoms with E-state index in [1.807, 2.05) is 12.1 Å². The number of fused-ring (bicyclic) bond motifs is 1. The van der Waals surface area contributed by atoms with Gasteiger partial charge in [0.05, 0.1) is 12.6 Å². The minimum atomic E-state index is 0.501. The van der Waals surface area contributed by atoms with Crippen LogP contribution in [0, 0.1) is 0 Å². The van der Waals surface area contributed by atoms with E-state index >= 15 is 0 Å². The molecule has 1 N–H and O–H groups in total. The van der Waals surface area contributed by atoms with Gasteiger partial charge in [-0.15, -0.1) is 0 Å². The Morgan fingerprint density at radius 2 is 2.17 bits per heavy atom. The maximum absolute atomic E-state index is 5.46. The van der Waals surface area contributed by atoms with E-state index in [0.29, 0.717) is 5.92 Å². The van der Waals surface area contributed by atoms with Crippen molar-refractivity contribution in [3.8, 4) is 5.88 Å². The quantitative estimate of drug-likeness (QED) is 0.926. The molecule has 3 heterocycles. The molecule has 0 saturated carbocycles. The van der Waals surface area contributed by atoms with Crippen LogP contribution < -0.4 is 10.1 Å². The highest BCUT2D eigenvalue weighted by molar-refractivity contribution is 9.10. The van der Waals surface area contributed by atoms with E-state index in [2.05, 4.69) is 31.7 Å². The molecule has 3 rings (SSSR count). The lowest BCUT2D eigenvalue weighted by atomic mass is 9.97. The molecule has 96 valence electrons. The van der Waals surface area contributed by atoms with Crippen LogP contribution in [0.15, 0.2) is 22.8 Å². The Hall–Kier alpha value is -1.07. The zero-order valence-electron chi connectivity index (χ0n) is 10.3. The standard InChI is InChI=1S/C13H16BrN3O/c1-18-11-4-2-3-10-12(14)16-13(17(10)11)9-5-7-15-8-6-9/h2-4,9,15H,5-8H2,1H3. The van der Waals surface area contributed by atoms with Crippen LogP contribution in [0.1, 0.15) is 24.6 Å². The molecule has 0 atom stereocenters. The number of halogens is 1. The number of ether oxygens (including phenoxy) is 1. The van der Waals surface area contributed by atoms with Crippen molar-refractivity contribution in [3.63, 3.8) is 0 Å². The number of imidazole rings is 1. The van der Waals surface area contributed by atoms with Crippen LogP contribution >= 0.6 is 15.9 Å². The second-order valence-corrected chi connectivity index (χ2v) is 5.33. The molecule has 4 nitrogen and oxygen atoms in total. The second kappa shape index (κ2) is 4.90. The summed E-state index contributed by atoms with van der Waals surface area (Å²) < 4.78 is 8.48. The predicted molar refractivity (Wildman–Crippen MR) is 74.3 cm³/mol. The van der Waals surface area contributed by atoms with Crippen LogP contribution in [0.2, 0.25) is 0 Å². The van der Waals surface area contributed by atoms with Crippen molar-refractivity contribution in [2.45, 2.75) is 18.8 Å². The highest BCUT2D eigenvalue weighted by atomic mass is 79.9. The molecule has 1 fully saturated rings. The van der Waals surface area contributed by atoms with Crippen LogP contribution in [-0.2, 0) is 0 Å². The second-order valence-electron chi connectivity index (χ2n) is 4.57. The summed E-state index contributed by atoms with van der Waals surface area (Å²) in [5.41, 5.74) is 1.07. The monoisotopic (exact) mass is 309 g/mol. The molecule has 0 radical (unpaired) electrons. The third-order valence-electron chi connectivity index (χ3n) is 3.52. The van der Waals surface area contributed by atoms with Crippen LogP contribution in [0.4, 0.5) is 0 Å². The molecule has 1 aliphatic rings. The van der Waals surface area contributed by atoms with Crippen molar-refractivity contribution < 1.29 is 4.74 Å². The van der Waals surface area contributed by atoms with E-state index in [9.17, 15) is 0 Å². The van der Waals surface area contributed by atoms with Crippen LogP contribution in [0.5, 0.6) is 5.88 Å². The van der Waals surface area contributed by atoms with Gasteiger partial charge in [0, 0.05) is 5.92 Å². The number of rotatable bonds is 2. The van der Waals surface area contributed by atoms with Crippen molar-refractivity contribution in [3.05, 3.63) is 28.6 Å². The lowest BCUT2D eigenvalue weighted by Gasteiger charge is -2.22. The van der Waals surface area contributed by atoms with Crippen molar-refractivity contribution in [1.82, 2.24) is 14.7 Å². The molecular formula is C13H16BrN3O. The van der Waals surface area contributed by atoms with E-state index in [4.69, 9.17) is 9.72 Å². The summed E-state index contributed by atoms with van der Waals surface area (Å²) >= 11 is 3.54. The van der Waals surface area contributed by atoms with Crippen LogP contribution in [0.3, 0.4) is 0 Å². The zero-order valence-corrected chi connectivity index (χ0v) is 11.9. The van der Waals surface area contributed by atoms with E-state index in [0.717, 1.165) is 47.8 Å². The average Bonchev–Trinajstić information content (AvgIpc) is 2.77. The average molecular weight is 310 g/mol. The minimum absolute atomic E-state index is 0.501. The Morgan fingerprint density at radius 3 is 2.89 bits per heavy atom. The summed E-state index contributed by atoms with van der Waals surface area (Å²) in [5, 5.41) is 3.39. The van der Waals surface area contributed by atoms with Crippen molar-refractivity contribution in [2.75, 3.05) is 20.2 Å². The molecule has 1 saturated heterocycles. The van der Waals surface area contributed by atoms with Gasteiger partial charge in [0.25, 0.3) is 0 Å². The van der Waals surface area contributed by atoms with E-state index in [1.165, 1.54) is 0 Å². The number of nitrogens with zero attached hydrogens (tertiary/aromatic N) is 2. The summed E-state index contributed by atoms with van der Waals surface area (Å²) in [7, 11) is 1.70. The molecule has 1 aliphatic heterocycles. The van der Waals surface area contributed by atoms with Gasteiger partial charge in [-0.1, -0.05) is 6.07 Å². The highest BCUT2D eigenvalue weighted by Gasteiger charge is 2.22. The number of hydrogen-bond donors (Lipinski definition) is 1. The minimum Gasteiger partial charge on any atom is -0.482 e. The molecule has 18 heavy (non-hydrogen) atoms. The number of nitrogens with one attached hydrogen (secondary N) is 1. The SMILES string of the molecule is COc1cccc2c(Br)nc(C3CCNCC3)n12. The van der Waals surface area contributed by atoms with Gasteiger partial charge in [-0.2, -0.15) is 0 Å². The molecule has 0 bridgehead atoms. The van der Waals surface area contributed by atoms with Crippen LogP contribution in [-0.4, -0.2) is 29.6 Å². The Bertz CT molecular complexity index is 561. The lowest BCUT2D eigenvalue weighted by Crippen LogP contribution is -2.27. The number of aromatic nitrogens is 2. The molecule has 0 aliphatic carbocycles. The van der Waals surface area contributed by atoms with Crippen molar-refractivity contribution in [1.29, 1.82) is 0 Å². The van der Waals surface area contributed by atoms with Gasteiger partial charge >= 0.3 is 0 Å². The summed E-state index contributed by atoms with van der Waals surface area (Å²) in [6.45, 7) is 2.12. The third kappa shape index (κ3) is 1.91. The highest BCUT2D eigenvalue weighted by Crippen LogP contribution is 2.31. The first-order chi connectivity index (χ1) is 8.81. The van der Waals surface area contributed by atoms with Gasteiger partial charge in [-0.25, -0.2) is 4.98 Å². The fourth-order valence-corrected chi connectivity index (χ4v) is 3.10. The summed E-state index contributed by atoms with van der Waals surface area (Å²) in [4.78, 5) is 4.69. The lowest BCUT2D eigenvalue weighted by molar-refractivity contribution is 0.381. The molecular weight excluding hydrogens is 294 g/mol. The first kappa shape index (κ1) is 12.0. The number of piperidine rings is 1. The topological polar surface area (TPSA) is 38.6 Å². The molecule has 0 spiro atoms. The number of pyridine rings is 1. The van der Waals surface area contributed by atoms with Crippen LogP contribution in [0.25, 0.3) is 5.52 Å². The fraction of sp³-hybridized carbons (Fsp3) is 0.462. The molecule has 2 aromatic rings. The van der Waals surface area contributed by atoms with Crippen molar-refractivity contribution >= 4 is 21.4 Å². The van der Waals surface area contributed by atoms with Gasteiger partial charge < -0.3 is 10.1 Å². The molecule has 0 amide bonds. The summed E-state index contributed by atoms with van der Waals surface area (Å²) in [6.07, 6.45) is 2.26.